The van der Waals surface area contributed by atoms with Crippen molar-refractivity contribution >= 4 is 5.91 Å². The predicted octanol–water partition coefficient (Wildman–Crippen LogP) is 1.26. The van der Waals surface area contributed by atoms with E-state index in [-0.39, 0.29) is 11.9 Å². The average Bonchev–Trinajstić information content (AvgIpc) is 3.09. The Balaban J connectivity index is 1.42. The first-order chi connectivity index (χ1) is 11.2. The number of amides is 1. The maximum absolute atomic E-state index is 12.4. The van der Waals surface area contributed by atoms with E-state index in [1.54, 1.807) is 0 Å². The highest BCUT2D eigenvalue weighted by molar-refractivity contribution is 5.77. The number of hydrogen-bond acceptors (Lipinski definition) is 4. The van der Waals surface area contributed by atoms with Gasteiger partial charge in [-0.05, 0) is 17.9 Å². The van der Waals surface area contributed by atoms with Crippen molar-refractivity contribution < 1.29 is 9.53 Å². The van der Waals surface area contributed by atoms with Crippen LogP contribution in [0.2, 0.25) is 0 Å². The van der Waals surface area contributed by atoms with E-state index in [1.165, 1.54) is 6.42 Å². The molecule has 5 nitrogen and oxygen atoms in total. The zero-order chi connectivity index (χ0) is 16.1. The second kappa shape index (κ2) is 7.90. The van der Waals surface area contributed by atoms with Crippen LogP contribution in [0.3, 0.4) is 0 Å². The number of rotatable bonds is 5. The molecular formula is C18H27N3O2. The second-order valence-corrected chi connectivity index (χ2v) is 6.63. The van der Waals surface area contributed by atoms with Crippen LogP contribution in [0.5, 0.6) is 0 Å². The quantitative estimate of drug-likeness (QED) is 0.888. The van der Waals surface area contributed by atoms with Gasteiger partial charge in [-0.25, -0.2) is 0 Å². The van der Waals surface area contributed by atoms with E-state index < -0.39 is 0 Å². The molecular weight excluding hydrogens is 290 g/mol. The number of ether oxygens (including phenoxy) is 1. The molecule has 2 aliphatic heterocycles. The molecule has 5 heteroatoms. The van der Waals surface area contributed by atoms with Gasteiger partial charge in [0.15, 0.2) is 0 Å². The van der Waals surface area contributed by atoms with Crippen LogP contribution in [0, 0.1) is 5.92 Å². The summed E-state index contributed by atoms with van der Waals surface area (Å²) >= 11 is 0. The lowest BCUT2D eigenvalue weighted by Gasteiger charge is -2.36. The summed E-state index contributed by atoms with van der Waals surface area (Å²) < 4.78 is 5.44. The molecule has 2 unspecified atom stereocenters. The molecule has 23 heavy (non-hydrogen) atoms. The Labute approximate surface area is 138 Å². The molecule has 2 heterocycles. The van der Waals surface area contributed by atoms with Gasteiger partial charge in [0.2, 0.25) is 5.91 Å². The van der Waals surface area contributed by atoms with E-state index in [2.05, 4.69) is 4.90 Å². The van der Waals surface area contributed by atoms with Gasteiger partial charge in [0.25, 0.3) is 0 Å². The number of benzene rings is 1. The molecule has 2 atom stereocenters. The fourth-order valence-corrected chi connectivity index (χ4v) is 3.41. The first kappa shape index (κ1) is 16.4. The topological polar surface area (TPSA) is 58.8 Å². The van der Waals surface area contributed by atoms with Crippen molar-refractivity contribution in [2.75, 3.05) is 45.9 Å². The maximum Gasteiger partial charge on any atom is 0.224 e. The number of hydrogen-bond donors (Lipinski definition) is 1. The molecule has 0 saturated carbocycles. The van der Waals surface area contributed by atoms with E-state index in [0.29, 0.717) is 12.3 Å². The van der Waals surface area contributed by atoms with E-state index in [0.717, 1.165) is 51.5 Å². The van der Waals surface area contributed by atoms with Crippen LogP contribution in [0.4, 0.5) is 0 Å². The Bertz CT molecular complexity index is 494. The zero-order valence-corrected chi connectivity index (χ0v) is 13.7. The number of nitrogens with two attached hydrogens (primary N) is 1. The van der Waals surface area contributed by atoms with Gasteiger partial charge in [-0.1, -0.05) is 30.3 Å². The lowest BCUT2D eigenvalue weighted by atomic mass is 10.0. The van der Waals surface area contributed by atoms with Gasteiger partial charge < -0.3 is 15.4 Å². The average molecular weight is 317 g/mol. The molecule has 0 bridgehead atoms. The Morgan fingerprint density at radius 3 is 2.61 bits per heavy atom. The van der Waals surface area contributed by atoms with Crippen LogP contribution in [-0.4, -0.2) is 61.6 Å². The molecule has 0 radical (unpaired) electrons. The van der Waals surface area contributed by atoms with Gasteiger partial charge in [0, 0.05) is 51.8 Å². The minimum Gasteiger partial charge on any atom is -0.381 e. The monoisotopic (exact) mass is 317 g/mol. The highest BCUT2D eigenvalue weighted by Crippen LogP contribution is 2.17. The lowest BCUT2D eigenvalue weighted by Crippen LogP contribution is -2.50. The normalized spacial score (nSPS) is 23.9. The Kier molecular flexibility index (Phi) is 5.65. The van der Waals surface area contributed by atoms with Gasteiger partial charge in [-0.3, -0.25) is 9.69 Å². The largest absolute Gasteiger partial charge is 0.381 e. The number of piperazine rings is 1. The fourth-order valence-electron chi connectivity index (χ4n) is 3.41. The van der Waals surface area contributed by atoms with Gasteiger partial charge in [-0.15, -0.1) is 0 Å². The van der Waals surface area contributed by atoms with E-state index >= 15 is 0 Å². The van der Waals surface area contributed by atoms with Crippen LogP contribution in [0.25, 0.3) is 0 Å². The first-order valence-corrected chi connectivity index (χ1v) is 8.61. The SMILES string of the molecule is NC(CC(=O)N1CCN(CC2CCOC2)CC1)c1ccccc1. The van der Waals surface area contributed by atoms with Crippen molar-refractivity contribution in [3.63, 3.8) is 0 Å². The van der Waals surface area contributed by atoms with Crippen LogP contribution in [-0.2, 0) is 9.53 Å². The molecule has 2 N–H and O–H groups in total. The van der Waals surface area contributed by atoms with Crippen molar-refractivity contribution in [3.05, 3.63) is 35.9 Å². The number of nitrogens with zero attached hydrogens (tertiary/aromatic N) is 2. The maximum atomic E-state index is 12.4. The first-order valence-electron chi connectivity index (χ1n) is 8.61. The third-order valence-corrected chi connectivity index (χ3v) is 4.89. The van der Waals surface area contributed by atoms with Crippen molar-refractivity contribution in [1.82, 2.24) is 9.80 Å². The number of carbonyl (C=O) groups excluding carboxylic acids is 1. The summed E-state index contributed by atoms with van der Waals surface area (Å²) in [6.07, 6.45) is 1.56. The van der Waals surface area contributed by atoms with E-state index in [9.17, 15) is 4.79 Å². The van der Waals surface area contributed by atoms with Crippen LogP contribution in [0.1, 0.15) is 24.4 Å². The van der Waals surface area contributed by atoms with E-state index in [1.807, 2.05) is 35.2 Å². The summed E-state index contributed by atoms with van der Waals surface area (Å²) in [7, 11) is 0. The highest BCUT2D eigenvalue weighted by atomic mass is 16.5. The molecule has 2 aliphatic rings. The Morgan fingerprint density at radius 2 is 1.96 bits per heavy atom. The standard InChI is InChI=1S/C18H27N3O2/c19-17(16-4-2-1-3-5-16)12-18(22)21-9-7-20(8-10-21)13-15-6-11-23-14-15/h1-5,15,17H,6-14,19H2. The molecule has 0 spiro atoms. The van der Waals surface area contributed by atoms with Crippen LogP contribution >= 0.6 is 0 Å². The van der Waals surface area contributed by atoms with Gasteiger partial charge in [0.05, 0.1) is 6.61 Å². The van der Waals surface area contributed by atoms with Gasteiger partial charge in [0.1, 0.15) is 0 Å². The summed E-state index contributed by atoms with van der Waals surface area (Å²) in [4.78, 5) is 16.9. The molecule has 3 rings (SSSR count). The lowest BCUT2D eigenvalue weighted by molar-refractivity contribution is -0.133. The molecule has 1 amide bonds. The molecule has 0 aliphatic carbocycles. The summed E-state index contributed by atoms with van der Waals surface area (Å²) in [5.74, 6) is 0.842. The van der Waals surface area contributed by atoms with Crippen LogP contribution < -0.4 is 5.73 Å². The van der Waals surface area contributed by atoms with E-state index in [4.69, 9.17) is 10.5 Å². The molecule has 126 valence electrons. The second-order valence-electron chi connectivity index (χ2n) is 6.63. The third kappa shape index (κ3) is 4.53. The minimum absolute atomic E-state index is 0.171. The molecule has 2 saturated heterocycles. The number of carbonyl (C=O) groups is 1. The summed E-state index contributed by atoms with van der Waals surface area (Å²) in [5.41, 5.74) is 7.20. The zero-order valence-electron chi connectivity index (χ0n) is 13.7. The predicted molar refractivity (Wildman–Crippen MR) is 89.9 cm³/mol. The highest BCUT2D eigenvalue weighted by Gasteiger charge is 2.25. The van der Waals surface area contributed by atoms with Gasteiger partial charge in [-0.2, -0.15) is 0 Å². The van der Waals surface area contributed by atoms with Crippen molar-refractivity contribution in [1.29, 1.82) is 0 Å². The Hall–Kier alpha value is -1.43. The molecule has 1 aromatic carbocycles. The van der Waals surface area contributed by atoms with Crippen molar-refractivity contribution in [2.24, 2.45) is 11.7 Å². The fraction of sp³-hybridized carbons (Fsp3) is 0.611. The summed E-state index contributed by atoms with van der Waals surface area (Å²) in [6.45, 7) is 6.45. The van der Waals surface area contributed by atoms with Crippen molar-refractivity contribution in [2.45, 2.75) is 18.9 Å². The van der Waals surface area contributed by atoms with Crippen LogP contribution in [0.15, 0.2) is 30.3 Å². The van der Waals surface area contributed by atoms with Crippen molar-refractivity contribution in [3.8, 4) is 0 Å². The summed E-state index contributed by atoms with van der Waals surface area (Å²) in [5, 5.41) is 0. The molecule has 2 fully saturated rings. The summed E-state index contributed by atoms with van der Waals surface area (Å²) in [6, 6.07) is 9.65. The third-order valence-electron chi connectivity index (χ3n) is 4.89. The minimum atomic E-state index is -0.211. The molecule has 1 aromatic rings. The Morgan fingerprint density at radius 1 is 1.22 bits per heavy atom. The smallest absolute Gasteiger partial charge is 0.224 e. The van der Waals surface area contributed by atoms with Gasteiger partial charge >= 0.3 is 0 Å². The molecule has 0 aromatic heterocycles.